The number of nitrogens with zero attached hydrogens (tertiary/aromatic N) is 1. The van der Waals surface area contributed by atoms with Gasteiger partial charge >= 0.3 is 0 Å². The lowest BCUT2D eigenvalue weighted by molar-refractivity contribution is 0.414. The Morgan fingerprint density at radius 2 is 2.00 bits per heavy atom. The van der Waals surface area contributed by atoms with Crippen molar-refractivity contribution in [2.24, 2.45) is 0 Å². The number of fused-ring (bicyclic) bond motifs is 1. The Kier molecular flexibility index (Phi) is 4.56. The number of aromatic nitrogens is 1. The molecule has 1 unspecified atom stereocenters. The fourth-order valence-electron chi connectivity index (χ4n) is 2.84. The molecule has 0 bridgehead atoms. The van der Waals surface area contributed by atoms with E-state index in [1.54, 1.807) is 7.11 Å². The molecule has 1 heterocycles. The van der Waals surface area contributed by atoms with Crippen molar-refractivity contribution in [1.29, 1.82) is 0 Å². The first-order valence-electron chi connectivity index (χ1n) is 7.67. The average Bonchev–Trinajstić information content (AvgIpc) is 2.96. The summed E-state index contributed by atoms with van der Waals surface area (Å²) in [4.78, 5) is 6.41. The van der Waals surface area contributed by atoms with Crippen LogP contribution in [0.2, 0.25) is 0 Å². The standard InChI is InChI=1S/C17H22N2OS/c1-3-18-16(12-8-10-13(20-2)11-9-12)17-19-14-6-4-5-7-15(14)21-17/h8-11,16,18H,3-7H2,1-2H3. The molecule has 3 nitrogen and oxygen atoms in total. The van der Waals surface area contributed by atoms with Gasteiger partial charge in [-0.1, -0.05) is 19.1 Å². The highest BCUT2D eigenvalue weighted by atomic mass is 32.1. The number of benzene rings is 1. The average molecular weight is 302 g/mol. The smallest absolute Gasteiger partial charge is 0.118 e. The lowest BCUT2D eigenvalue weighted by Gasteiger charge is -2.16. The van der Waals surface area contributed by atoms with E-state index in [4.69, 9.17) is 9.72 Å². The zero-order valence-electron chi connectivity index (χ0n) is 12.7. The second kappa shape index (κ2) is 6.58. The molecule has 0 aliphatic heterocycles. The molecule has 0 radical (unpaired) electrons. The number of rotatable bonds is 5. The maximum atomic E-state index is 5.25. The maximum Gasteiger partial charge on any atom is 0.118 e. The summed E-state index contributed by atoms with van der Waals surface area (Å²) in [6.07, 6.45) is 4.94. The molecule has 1 aliphatic rings. The van der Waals surface area contributed by atoms with Gasteiger partial charge in [-0.3, -0.25) is 0 Å². The van der Waals surface area contributed by atoms with Gasteiger partial charge in [0.1, 0.15) is 10.8 Å². The van der Waals surface area contributed by atoms with Crippen LogP contribution in [0.25, 0.3) is 0 Å². The van der Waals surface area contributed by atoms with Crippen LogP contribution in [-0.2, 0) is 12.8 Å². The summed E-state index contributed by atoms with van der Waals surface area (Å²) in [5, 5.41) is 4.77. The highest BCUT2D eigenvalue weighted by Crippen LogP contribution is 2.33. The van der Waals surface area contributed by atoms with Crippen molar-refractivity contribution in [3.63, 3.8) is 0 Å². The summed E-state index contributed by atoms with van der Waals surface area (Å²) in [5.74, 6) is 0.896. The van der Waals surface area contributed by atoms with Gasteiger partial charge in [0.2, 0.25) is 0 Å². The Labute approximate surface area is 130 Å². The number of aryl methyl sites for hydroxylation is 2. The third-order valence-electron chi connectivity index (χ3n) is 3.97. The molecule has 3 rings (SSSR count). The Morgan fingerprint density at radius 3 is 2.67 bits per heavy atom. The predicted octanol–water partition coefficient (Wildman–Crippen LogP) is 3.73. The van der Waals surface area contributed by atoms with Crippen molar-refractivity contribution >= 4 is 11.3 Å². The third-order valence-corrected chi connectivity index (χ3v) is 5.19. The molecule has 0 saturated heterocycles. The normalized spacial score (nSPS) is 15.5. The van der Waals surface area contributed by atoms with Crippen LogP contribution in [0.1, 0.15) is 46.9 Å². The molecule has 1 aliphatic carbocycles. The largest absolute Gasteiger partial charge is 0.497 e. The van der Waals surface area contributed by atoms with Crippen LogP contribution in [-0.4, -0.2) is 18.6 Å². The van der Waals surface area contributed by atoms with E-state index in [0.29, 0.717) is 0 Å². The lowest BCUT2D eigenvalue weighted by atomic mass is 10.0. The van der Waals surface area contributed by atoms with Gasteiger partial charge in [-0.05, 0) is 49.9 Å². The molecule has 0 fully saturated rings. The molecular formula is C17H22N2OS. The van der Waals surface area contributed by atoms with Crippen molar-refractivity contribution in [2.45, 2.75) is 38.6 Å². The topological polar surface area (TPSA) is 34.1 Å². The molecule has 4 heteroatoms. The van der Waals surface area contributed by atoms with E-state index < -0.39 is 0 Å². The van der Waals surface area contributed by atoms with Crippen molar-refractivity contribution in [2.75, 3.05) is 13.7 Å². The van der Waals surface area contributed by atoms with Gasteiger partial charge in [0.05, 0.1) is 18.8 Å². The van der Waals surface area contributed by atoms with E-state index in [0.717, 1.165) is 18.7 Å². The van der Waals surface area contributed by atoms with Crippen molar-refractivity contribution < 1.29 is 4.74 Å². The Hall–Kier alpha value is -1.39. The van der Waals surface area contributed by atoms with Crippen molar-refractivity contribution in [3.05, 3.63) is 45.4 Å². The Bertz CT molecular complexity index is 568. The van der Waals surface area contributed by atoms with E-state index in [2.05, 4.69) is 24.4 Å². The summed E-state index contributed by atoms with van der Waals surface area (Å²) in [6, 6.07) is 8.50. The van der Waals surface area contributed by atoms with Gasteiger partial charge in [0.15, 0.2) is 0 Å². The molecule has 0 saturated carbocycles. The van der Waals surface area contributed by atoms with Crippen LogP contribution in [0.3, 0.4) is 0 Å². The highest BCUT2D eigenvalue weighted by Gasteiger charge is 2.21. The maximum absolute atomic E-state index is 5.25. The van der Waals surface area contributed by atoms with Crippen LogP contribution >= 0.6 is 11.3 Å². The van der Waals surface area contributed by atoms with E-state index in [1.165, 1.54) is 40.4 Å². The van der Waals surface area contributed by atoms with Gasteiger partial charge in [-0.15, -0.1) is 11.3 Å². The number of nitrogens with one attached hydrogen (secondary N) is 1. The van der Waals surface area contributed by atoms with E-state index in [-0.39, 0.29) is 6.04 Å². The summed E-state index contributed by atoms with van der Waals surface area (Å²) in [6.45, 7) is 3.07. The fourth-order valence-corrected chi connectivity index (χ4v) is 4.10. The minimum Gasteiger partial charge on any atom is -0.497 e. The minimum atomic E-state index is 0.191. The Balaban J connectivity index is 1.90. The van der Waals surface area contributed by atoms with Crippen molar-refractivity contribution in [1.82, 2.24) is 10.3 Å². The predicted molar refractivity (Wildman–Crippen MR) is 87.3 cm³/mol. The second-order valence-corrected chi connectivity index (χ2v) is 6.51. The molecule has 1 N–H and O–H groups in total. The van der Waals surface area contributed by atoms with Crippen LogP contribution in [0.15, 0.2) is 24.3 Å². The van der Waals surface area contributed by atoms with Gasteiger partial charge in [-0.25, -0.2) is 4.98 Å². The van der Waals surface area contributed by atoms with E-state index in [1.807, 2.05) is 23.5 Å². The number of methoxy groups -OCH3 is 1. The first kappa shape index (κ1) is 14.5. The molecule has 1 aromatic carbocycles. The van der Waals surface area contributed by atoms with Crippen molar-refractivity contribution in [3.8, 4) is 5.75 Å². The molecule has 1 aromatic heterocycles. The molecule has 0 amide bonds. The van der Waals surface area contributed by atoms with Crippen LogP contribution in [0.4, 0.5) is 0 Å². The molecule has 21 heavy (non-hydrogen) atoms. The Morgan fingerprint density at radius 1 is 1.24 bits per heavy atom. The molecule has 0 spiro atoms. The van der Waals surface area contributed by atoms with Gasteiger partial charge in [0, 0.05) is 4.88 Å². The monoisotopic (exact) mass is 302 g/mol. The number of ether oxygens (including phenoxy) is 1. The van der Waals surface area contributed by atoms with E-state index >= 15 is 0 Å². The van der Waals surface area contributed by atoms with Crippen LogP contribution in [0, 0.1) is 0 Å². The zero-order chi connectivity index (χ0) is 14.7. The molecule has 112 valence electrons. The summed E-state index contributed by atoms with van der Waals surface area (Å²) in [7, 11) is 1.70. The molecule has 1 atom stereocenters. The summed E-state index contributed by atoms with van der Waals surface area (Å²) in [5.41, 5.74) is 2.58. The lowest BCUT2D eigenvalue weighted by Crippen LogP contribution is -2.21. The highest BCUT2D eigenvalue weighted by molar-refractivity contribution is 7.11. The van der Waals surface area contributed by atoms with Crippen LogP contribution < -0.4 is 10.1 Å². The van der Waals surface area contributed by atoms with Gasteiger partial charge in [0.25, 0.3) is 0 Å². The quantitative estimate of drug-likeness (QED) is 0.914. The first-order chi connectivity index (χ1) is 10.3. The molecule has 2 aromatic rings. The van der Waals surface area contributed by atoms with Crippen LogP contribution in [0.5, 0.6) is 5.75 Å². The van der Waals surface area contributed by atoms with E-state index in [9.17, 15) is 0 Å². The summed E-state index contributed by atoms with van der Waals surface area (Å²) < 4.78 is 5.25. The number of thiazole rings is 1. The fraction of sp³-hybridized carbons (Fsp3) is 0.471. The SMILES string of the molecule is CCNC(c1ccc(OC)cc1)c1nc2c(s1)CCCC2. The first-order valence-corrected chi connectivity index (χ1v) is 8.49. The molecular weight excluding hydrogens is 280 g/mol. The second-order valence-electron chi connectivity index (χ2n) is 5.39. The van der Waals surface area contributed by atoms with Gasteiger partial charge in [-0.2, -0.15) is 0 Å². The zero-order valence-corrected chi connectivity index (χ0v) is 13.5. The summed E-state index contributed by atoms with van der Waals surface area (Å²) >= 11 is 1.88. The third kappa shape index (κ3) is 3.11. The number of hydrogen-bond donors (Lipinski definition) is 1. The minimum absolute atomic E-state index is 0.191. The number of hydrogen-bond acceptors (Lipinski definition) is 4. The van der Waals surface area contributed by atoms with Gasteiger partial charge < -0.3 is 10.1 Å².